The van der Waals surface area contributed by atoms with Crippen LogP contribution in [0.25, 0.3) is 5.69 Å². The molecule has 1 aromatic heterocycles. The number of aromatic nitrogens is 1. The van der Waals surface area contributed by atoms with E-state index in [1.165, 1.54) is 5.56 Å². The molecular weight excluding hydrogens is 272 g/mol. The Morgan fingerprint density at radius 3 is 2.27 bits per heavy atom. The fourth-order valence-corrected chi connectivity index (χ4v) is 2.42. The molecule has 0 aliphatic carbocycles. The number of benzene rings is 1. The first-order valence-electron chi connectivity index (χ1n) is 7.94. The summed E-state index contributed by atoms with van der Waals surface area (Å²) in [4.78, 5) is 12.1. The number of nitrogens with zero attached hydrogens (tertiary/aromatic N) is 1. The molecule has 0 saturated heterocycles. The van der Waals surface area contributed by atoms with Crippen molar-refractivity contribution in [2.24, 2.45) is 0 Å². The van der Waals surface area contributed by atoms with E-state index in [-0.39, 0.29) is 5.43 Å². The van der Waals surface area contributed by atoms with E-state index in [1.807, 2.05) is 13.1 Å². The van der Waals surface area contributed by atoms with Gasteiger partial charge in [0.05, 0.1) is 0 Å². The summed E-state index contributed by atoms with van der Waals surface area (Å²) in [5.74, 6) is 0.523. The van der Waals surface area contributed by atoms with Crippen LogP contribution in [0.2, 0.25) is 0 Å². The van der Waals surface area contributed by atoms with E-state index in [0.717, 1.165) is 16.9 Å². The first-order chi connectivity index (χ1) is 10.4. The largest absolute Gasteiger partial charge is 0.321 e. The van der Waals surface area contributed by atoms with E-state index in [4.69, 9.17) is 0 Å². The third-order valence-electron chi connectivity index (χ3n) is 3.86. The average Bonchev–Trinajstić information content (AvgIpc) is 2.46. The third kappa shape index (κ3) is 3.86. The molecule has 118 valence electrons. The van der Waals surface area contributed by atoms with Crippen molar-refractivity contribution >= 4 is 0 Å². The summed E-state index contributed by atoms with van der Waals surface area (Å²) >= 11 is 0. The zero-order valence-corrected chi connectivity index (χ0v) is 14.2. The van der Waals surface area contributed by atoms with E-state index in [1.54, 1.807) is 6.07 Å². The minimum Gasteiger partial charge on any atom is -0.321 e. The fraction of sp³-hybridized carbons (Fsp3) is 0.421. The van der Waals surface area contributed by atoms with Crippen molar-refractivity contribution < 1.29 is 0 Å². The summed E-state index contributed by atoms with van der Waals surface area (Å²) in [6, 6.07) is 10.6. The van der Waals surface area contributed by atoms with Gasteiger partial charge in [0.15, 0.2) is 5.43 Å². The van der Waals surface area contributed by atoms with Crippen LogP contribution >= 0.6 is 0 Å². The number of rotatable bonds is 5. The minimum atomic E-state index is 0.0979. The lowest BCUT2D eigenvalue weighted by molar-refractivity contribution is 0.585. The van der Waals surface area contributed by atoms with Crippen LogP contribution in [0.4, 0.5) is 0 Å². The lowest BCUT2D eigenvalue weighted by atomic mass is 10.0. The molecule has 0 aliphatic rings. The zero-order valence-electron chi connectivity index (χ0n) is 14.2. The predicted octanol–water partition coefficient (Wildman–Crippen LogP) is 3.77. The molecule has 2 aromatic rings. The lowest BCUT2D eigenvalue weighted by Crippen LogP contribution is -2.26. The number of hydrogen-bond acceptors (Lipinski definition) is 2. The van der Waals surface area contributed by atoms with Gasteiger partial charge in [0.1, 0.15) is 0 Å². The van der Waals surface area contributed by atoms with Gasteiger partial charge in [-0.1, -0.05) is 39.8 Å². The van der Waals surface area contributed by atoms with Gasteiger partial charge in [-0.05, 0) is 30.5 Å². The second-order valence-electron chi connectivity index (χ2n) is 6.46. The van der Waals surface area contributed by atoms with Gasteiger partial charge in [-0.3, -0.25) is 4.79 Å². The van der Waals surface area contributed by atoms with Crippen molar-refractivity contribution in [2.75, 3.05) is 0 Å². The number of nitrogens with one attached hydrogen (secondary N) is 1. The van der Waals surface area contributed by atoms with E-state index in [2.05, 4.69) is 61.8 Å². The van der Waals surface area contributed by atoms with Crippen molar-refractivity contribution in [3.05, 3.63) is 63.6 Å². The maximum atomic E-state index is 12.1. The van der Waals surface area contributed by atoms with E-state index in [0.29, 0.717) is 18.5 Å². The van der Waals surface area contributed by atoms with Gasteiger partial charge in [0, 0.05) is 41.8 Å². The first-order valence-corrected chi connectivity index (χ1v) is 7.94. The minimum absolute atomic E-state index is 0.0979. The molecule has 1 aromatic carbocycles. The lowest BCUT2D eigenvalue weighted by Gasteiger charge is -2.15. The van der Waals surface area contributed by atoms with Crippen LogP contribution < -0.4 is 10.7 Å². The molecule has 3 nitrogen and oxygen atoms in total. The van der Waals surface area contributed by atoms with Crippen molar-refractivity contribution in [1.29, 1.82) is 0 Å². The second-order valence-corrected chi connectivity index (χ2v) is 6.46. The van der Waals surface area contributed by atoms with Gasteiger partial charge in [-0.25, -0.2) is 0 Å². The van der Waals surface area contributed by atoms with Crippen molar-refractivity contribution in [3.63, 3.8) is 0 Å². The highest BCUT2D eigenvalue weighted by atomic mass is 16.1. The maximum Gasteiger partial charge on any atom is 0.186 e. The highest BCUT2D eigenvalue weighted by Gasteiger charge is 2.07. The molecule has 1 heterocycles. The van der Waals surface area contributed by atoms with Crippen LogP contribution in [0.15, 0.2) is 41.3 Å². The van der Waals surface area contributed by atoms with Gasteiger partial charge < -0.3 is 9.88 Å². The molecule has 0 spiro atoms. The number of hydrogen-bond donors (Lipinski definition) is 1. The molecule has 0 amide bonds. The molecule has 2 rings (SSSR count). The monoisotopic (exact) mass is 298 g/mol. The molecule has 0 radical (unpaired) electrons. The summed E-state index contributed by atoms with van der Waals surface area (Å²) in [6.07, 6.45) is 1.96. The molecule has 0 unspecified atom stereocenters. The van der Waals surface area contributed by atoms with Crippen LogP contribution in [-0.4, -0.2) is 10.6 Å². The molecule has 0 bridgehead atoms. The zero-order chi connectivity index (χ0) is 16.3. The fourth-order valence-electron chi connectivity index (χ4n) is 2.42. The summed E-state index contributed by atoms with van der Waals surface area (Å²) < 4.78 is 2.09. The average molecular weight is 298 g/mol. The second kappa shape index (κ2) is 6.93. The number of aryl methyl sites for hydroxylation is 1. The van der Waals surface area contributed by atoms with Gasteiger partial charge in [-0.2, -0.15) is 0 Å². The molecule has 1 N–H and O–H groups in total. The molecule has 3 heteroatoms. The predicted molar refractivity (Wildman–Crippen MR) is 92.8 cm³/mol. The number of pyridine rings is 1. The topological polar surface area (TPSA) is 34.0 Å². The van der Waals surface area contributed by atoms with Crippen LogP contribution in [0.5, 0.6) is 0 Å². The van der Waals surface area contributed by atoms with Crippen molar-refractivity contribution in [1.82, 2.24) is 9.88 Å². The molecular formula is C19H26N2O. The summed E-state index contributed by atoms with van der Waals surface area (Å²) in [7, 11) is 0. The Morgan fingerprint density at radius 1 is 1.09 bits per heavy atom. The summed E-state index contributed by atoms with van der Waals surface area (Å²) in [5.41, 5.74) is 4.26. The Balaban J connectivity index is 2.37. The highest BCUT2D eigenvalue weighted by molar-refractivity contribution is 5.38. The molecule has 0 saturated carbocycles. The van der Waals surface area contributed by atoms with Crippen molar-refractivity contribution in [3.8, 4) is 5.69 Å². The van der Waals surface area contributed by atoms with Crippen LogP contribution in [-0.2, 0) is 6.54 Å². The Morgan fingerprint density at radius 2 is 1.73 bits per heavy atom. The van der Waals surface area contributed by atoms with E-state index < -0.39 is 0 Å². The molecule has 0 atom stereocenters. The van der Waals surface area contributed by atoms with Crippen molar-refractivity contribution in [2.45, 2.75) is 53.1 Å². The van der Waals surface area contributed by atoms with Gasteiger partial charge in [0.2, 0.25) is 0 Å². The highest BCUT2D eigenvalue weighted by Crippen LogP contribution is 2.18. The SMILES string of the molecule is Cc1cc(=O)c(CNC(C)C)cn1-c1ccc(C(C)C)cc1. The first kappa shape index (κ1) is 16.5. The maximum absolute atomic E-state index is 12.1. The third-order valence-corrected chi connectivity index (χ3v) is 3.86. The summed E-state index contributed by atoms with van der Waals surface area (Å²) in [5, 5.41) is 3.31. The quantitative estimate of drug-likeness (QED) is 0.911. The van der Waals surface area contributed by atoms with Gasteiger partial charge in [-0.15, -0.1) is 0 Å². The van der Waals surface area contributed by atoms with Gasteiger partial charge >= 0.3 is 0 Å². The molecule has 0 fully saturated rings. The molecule has 0 aliphatic heterocycles. The van der Waals surface area contributed by atoms with Crippen LogP contribution in [0.1, 0.15) is 50.4 Å². The summed E-state index contributed by atoms with van der Waals surface area (Å²) in [6.45, 7) is 11.1. The standard InChI is InChI=1S/C19H26N2O/c1-13(2)16-6-8-18(9-7-16)21-12-17(11-20-14(3)4)19(22)10-15(21)5/h6-10,12-14,20H,11H2,1-5H3. The Bertz CT molecular complexity index is 682. The van der Waals surface area contributed by atoms with Crippen LogP contribution in [0.3, 0.4) is 0 Å². The molecule has 22 heavy (non-hydrogen) atoms. The Hall–Kier alpha value is -1.87. The van der Waals surface area contributed by atoms with Crippen LogP contribution in [0, 0.1) is 6.92 Å². The van der Waals surface area contributed by atoms with E-state index in [9.17, 15) is 4.79 Å². The Labute approximate surface area is 133 Å². The smallest absolute Gasteiger partial charge is 0.186 e. The van der Waals surface area contributed by atoms with E-state index >= 15 is 0 Å². The Kier molecular flexibility index (Phi) is 5.19. The normalized spacial score (nSPS) is 11.4. The van der Waals surface area contributed by atoms with Gasteiger partial charge in [0.25, 0.3) is 0 Å².